The maximum absolute atomic E-state index is 12.5. The van der Waals surface area contributed by atoms with Crippen LogP contribution < -0.4 is 5.73 Å². The van der Waals surface area contributed by atoms with Crippen molar-refractivity contribution in [2.75, 3.05) is 5.73 Å². The van der Waals surface area contributed by atoms with E-state index in [1.807, 2.05) is 36.5 Å². The van der Waals surface area contributed by atoms with E-state index < -0.39 is 0 Å². The largest absolute Gasteiger partial charge is 0.399 e. The summed E-state index contributed by atoms with van der Waals surface area (Å²) in [7, 11) is 0. The number of fused-ring (bicyclic) bond motifs is 2. The summed E-state index contributed by atoms with van der Waals surface area (Å²) in [5.74, 6) is -0.0156. The van der Waals surface area contributed by atoms with Crippen LogP contribution in [0.2, 0.25) is 0 Å². The SMILES string of the molecule is Nc1ccc2c(c1)ncn2C(=O)Cc1ccc2cc[nH]c2c1. The molecule has 22 heavy (non-hydrogen) atoms. The molecule has 0 aliphatic rings. The van der Waals surface area contributed by atoms with Gasteiger partial charge in [-0.2, -0.15) is 0 Å². The molecule has 0 fully saturated rings. The number of nitrogens with zero attached hydrogens (tertiary/aromatic N) is 2. The fourth-order valence-corrected chi connectivity index (χ4v) is 2.69. The molecule has 0 aliphatic heterocycles. The monoisotopic (exact) mass is 290 g/mol. The third-order valence-electron chi connectivity index (χ3n) is 3.81. The number of hydrogen-bond donors (Lipinski definition) is 2. The van der Waals surface area contributed by atoms with Crippen LogP contribution in [0.1, 0.15) is 10.4 Å². The van der Waals surface area contributed by atoms with Gasteiger partial charge in [-0.3, -0.25) is 9.36 Å². The summed E-state index contributed by atoms with van der Waals surface area (Å²) < 4.78 is 1.58. The van der Waals surface area contributed by atoms with E-state index in [0.29, 0.717) is 12.1 Å². The first-order chi connectivity index (χ1) is 10.7. The lowest BCUT2D eigenvalue weighted by Crippen LogP contribution is -2.12. The standard InChI is InChI=1S/C17H14N4O/c18-13-3-4-16-15(9-13)20-10-21(16)17(22)8-11-1-2-12-5-6-19-14(12)7-11/h1-7,9-10,19H,8,18H2. The molecule has 0 aliphatic carbocycles. The molecule has 0 atom stereocenters. The maximum Gasteiger partial charge on any atom is 0.236 e. The minimum Gasteiger partial charge on any atom is -0.399 e. The molecular formula is C17H14N4O. The number of nitrogens with one attached hydrogen (secondary N) is 1. The second kappa shape index (κ2) is 4.73. The number of nitrogen functional groups attached to an aromatic ring is 1. The Morgan fingerprint density at radius 2 is 2.09 bits per heavy atom. The first-order valence-corrected chi connectivity index (χ1v) is 7.02. The molecule has 108 valence electrons. The summed E-state index contributed by atoms with van der Waals surface area (Å²) in [6.07, 6.45) is 3.77. The number of aromatic amines is 1. The Morgan fingerprint density at radius 3 is 3.00 bits per heavy atom. The topological polar surface area (TPSA) is 76.7 Å². The molecule has 2 heterocycles. The minimum atomic E-state index is -0.0156. The molecule has 3 N–H and O–H groups in total. The summed E-state index contributed by atoms with van der Waals surface area (Å²) in [5, 5.41) is 1.14. The molecule has 2 aromatic heterocycles. The Morgan fingerprint density at radius 1 is 1.18 bits per heavy atom. The number of hydrogen-bond acceptors (Lipinski definition) is 3. The summed E-state index contributed by atoms with van der Waals surface area (Å²) in [4.78, 5) is 19.9. The molecule has 4 rings (SSSR count). The van der Waals surface area contributed by atoms with Gasteiger partial charge in [0, 0.05) is 17.4 Å². The average Bonchev–Trinajstić information content (AvgIpc) is 3.12. The Balaban J connectivity index is 1.68. The molecule has 5 heteroatoms. The number of benzene rings is 2. The number of aromatic nitrogens is 3. The summed E-state index contributed by atoms with van der Waals surface area (Å²) in [6.45, 7) is 0. The van der Waals surface area contributed by atoms with E-state index in [-0.39, 0.29) is 5.91 Å². The van der Waals surface area contributed by atoms with Crippen LogP contribution in [0, 0.1) is 0 Å². The molecule has 0 radical (unpaired) electrons. The van der Waals surface area contributed by atoms with E-state index in [4.69, 9.17) is 5.73 Å². The normalized spacial score (nSPS) is 11.3. The highest BCUT2D eigenvalue weighted by atomic mass is 16.2. The second-order valence-electron chi connectivity index (χ2n) is 5.33. The molecule has 2 aromatic carbocycles. The Bertz CT molecular complexity index is 996. The quantitative estimate of drug-likeness (QED) is 0.557. The zero-order valence-corrected chi connectivity index (χ0v) is 11.8. The lowest BCUT2D eigenvalue weighted by atomic mass is 10.1. The van der Waals surface area contributed by atoms with Crippen molar-refractivity contribution in [3.8, 4) is 0 Å². The van der Waals surface area contributed by atoms with Crippen LogP contribution in [0.4, 0.5) is 5.69 Å². The van der Waals surface area contributed by atoms with Crippen molar-refractivity contribution in [2.24, 2.45) is 0 Å². The summed E-state index contributed by atoms with van der Waals surface area (Å²) in [6, 6.07) is 13.4. The van der Waals surface area contributed by atoms with Crippen molar-refractivity contribution in [2.45, 2.75) is 6.42 Å². The number of H-pyrrole nitrogens is 1. The fraction of sp³-hybridized carbons (Fsp3) is 0.0588. The van der Waals surface area contributed by atoms with Crippen molar-refractivity contribution < 1.29 is 4.79 Å². The molecule has 0 amide bonds. The number of imidazole rings is 1. The highest BCUT2D eigenvalue weighted by Gasteiger charge is 2.11. The predicted molar refractivity (Wildman–Crippen MR) is 86.8 cm³/mol. The van der Waals surface area contributed by atoms with Gasteiger partial charge in [-0.05, 0) is 41.3 Å². The van der Waals surface area contributed by atoms with Crippen LogP contribution in [0.3, 0.4) is 0 Å². The fourth-order valence-electron chi connectivity index (χ4n) is 2.69. The van der Waals surface area contributed by atoms with Gasteiger partial charge in [-0.15, -0.1) is 0 Å². The second-order valence-corrected chi connectivity index (χ2v) is 5.33. The highest BCUT2D eigenvalue weighted by molar-refractivity contribution is 5.92. The van der Waals surface area contributed by atoms with Gasteiger partial charge in [-0.25, -0.2) is 4.98 Å². The molecule has 0 spiro atoms. The first-order valence-electron chi connectivity index (χ1n) is 7.02. The lowest BCUT2D eigenvalue weighted by Gasteiger charge is -2.04. The average molecular weight is 290 g/mol. The van der Waals surface area contributed by atoms with Gasteiger partial charge in [0.25, 0.3) is 0 Å². The van der Waals surface area contributed by atoms with Crippen LogP contribution in [-0.4, -0.2) is 20.4 Å². The van der Waals surface area contributed by atoms with Gasteiger partial charge < -0.3 is 10.7 Å². The van der Waals surface area contributed by atoms with E-state index in [2.05, 4.69) is 9.97 Å². The predicted octanol–water partition coefficient (Wildman–Crippen LogP) is 2.98. The summed E-state index contributed by atoms with van der Waals surface area (Å²) in [5.41, 5.74) is 9.89. The minimum absolute atomic E-state index is 0.0156. The zero-order chi connectivity index (χ0) is 15.1. The van der Waals surface area contributed by atoms with Gasteiger partial charge in [0.15, 0.2) is 0 Å². The summed E-state index contributed by atoms with van der Waals surface area (Å²) >= 11 is 0. The Labute approximate surface area is 126 Å². The lowest BCUT2D eigenvalue weighted by molar-refractivity contribution is 0.0919. The van der Waals surface area contributed by atoms with Crippen molar-refractivity contribution >= 4 is 33.5 Å². The van der Waals surface area contributed by atoms with Gasteiger partial charge in [0.05, 0.1) is 17.5 Å². The van der Waals surface area contributed by atoms with Crippen molar-refractivity contribution in [3.05, 3.63) is 60.6 Å². The van der Waals surface area contributed by atoms with Gasteiger partial charge >= 0.3 is 0 Å². The number of carbonyl (C=O) groups is 1. The molecular weight excluding hydrogens is 276 g/mol. The Kier molecular flexibility index (Phi) is 2.72. The number of nitrogens with two attached hydrogens (primary N) is 1. The van der Waals surface area contributed by atoms with Crippen molar-refractivity contribution in [1.82, 2.24) is 14.5 Å². The van der Waals surface area contributed by atoms with Crippen LogP contribution in [0.15, 0.2) is 55.0 Å². The van der Waals surface area contributed by atoms with Crippen LogP contribution >= 0.6 is 0 Å². The molecule has 5 nitrogen and oxygen atoms in total. The third kappa shape index (κ3) is 2.03. The molecule has 4 aromatic rings. The number of carbonyl (C=O) groups excluding carboxylic acids is 1. The highest BCUT2D eigenvalue weighted by Crippen LogP contribution is 2.18. The third-order valence-corrected chi connectivity index (χ3v) is 3.81. The van der Waals surface area contributed by atoms with E-state index in [1.165, 1.54) is 0 Å². The molecule has 0 saturated carbocycles. The first kappa shape index (κ1) is 12.6. The van der Waals surface area contributed by atoms with Gasteiger partial charge in [0.1, 0.15) is 6.33 Å². The van der Waals surface area contributed by atoms with Crippen LogP contribution in [0.5, 0.6) is 0 Å². The van der Waals surface area contributed by atoms with E-state index in [9.17, 15) is 4.79 Å². The van der Waals surface area contributed by atoms with Crippen LogP contribution in [-0.2, 0) is 6.42 Å². The van der Waals surface area contributed by atoms with E-state index >= 15 is 0 Å². The molecule has 0 bridgehead atoms. The van der Waals surface area contributed by atoms with Gasteiger partial charge in [0.2, 0.25) is 5.91 Å². The zero-order valence-electron chi connectivity index (χ0n) is 11.8. The molecule has 0 unspecified atom stereocenters. The Hall–Kier alpha value is -3.08. The van der Waals surface area contributed by atoms with Crippen molar-refractivity contribution in [3.63, 3.8) is 0 Å². The van der Waals surface area contributed by atoms with E-state index in [1.54, 1.807) is 23.0 Å². The van der Waals surface area contributed by atoms with Crippen LogP contribution in [0.25, 0.3) is 21.9 Å². The number of rotatable bonds is 2. The maximum atomic E-state index is 12.5. The molecule has 0 saturated heterocycles. The van der Waals surface area contributed by atoms with Gasteiger partial charge in [-0.1, -0.05) is 12.1 Å². The van der Waals surface area contributed by atoms with E-state index in [0.717, 1.165) is 27.5 Å². The smallest absolute Gasteiger partial charge is 0.236 e. The number of anilines is 1. The van der Waals surface area contributed by atoms with Crippen molar-refractivity contribution in [1.29, 1.82) is 0 Å².